The third-order valence-corrected chi connectivity index (χ3v) is 5.53. The molecule has 9 nitrogen and oxygen atoms in total. The second-order valence-corrected chi connectivity index (χ2v) is 9.03. The molecule has 0 radical (unpaired) electrons. The molecular formula is C28H33N7O2. The Morgan fingerprint density at radius 3 is 1.24 bits per heavy atom. The number of hydrogen-bond acceptors (Lipinski definition) is 7. The highest BCUT2D eigenvalue weighted by Gasteiger charge is 2.07. The fourth-order valence-corrected chi connectivity index (χ4v) is 3.35. The van der Waals surface area contributed by atoms with Gasteiger partial charge in [0, 0.05) is 70.5 Å². The number of hydrogen-bond donors (Lipinski definition) is 2. The molecule has 3 aromatic rings. The fraction of sp³-hybridized carbons (Fsp3) is 0.214. The van der Waals surface area contributed by atoms with Gasteiger partial charge < -0.3 is 14.7 Å². The first-order valence-corrected chi connectivity index (χ1v) is 11.7. The van der Waals surface area contributed by atoms with E-state index in [2.05, 4.69) is 21.1 Å². The molecule has 0 spiro atoms. The molecule has 0 aliphatic heterocycles. The Morgan fingerprint density at radius 1 is 0.568 bits per heavy atom. The van der Waals surface area contributed by atoms with Crippen molar-refractivity contribution in [2.75, 3.05) is 57.0 Å². The molecule has 3 rings (SSSR count). The normalized spacial score (nSPS) is 11.0. The summed E-state index contributed by atoms with van der Waals surface area (Å²) in [4.78, 5) is 30.7. The van der Waals surface area contributed by atoms with Crippen molar-refractivity contribution in [3.8, 4) is 0 Å². The van der Waals surface area contributed by atoms with Gasteiger partial charge in [-0.3, -0.25) is 9.59 Å². The number of rotatable bonds is 9. The molecule has 0 bridgehead atoms. The third-order valence-electron chi connectivity index (χ3n) is 5.53. The Balaban J connectivity index is 1.67. The van der Waals surface area contributed by atoms with Crippen molar-refractivity contribution in [2.24, 2.45) is 10.2 Å². The minimum atomic E-state index is -0.298. The standard InChI is InChI=1S/C28H33N7O2/c1-33(2)24-11-7-22(8-12-24)27(36)31-29-18-20-15-21(17-26(16-20)35(5)6)19-30-32-28(37)23-9-13-25(14-10-23)34(3)4/h7-19H,1-6H3,(H,31,36)(H,32,37)/b29-18+,30-19+. The van der Waals surface area contributed by atoms with Crippen LogP contribution in [0.1, 0.15) is 31.8 Å². The minimum absolute atomic E-state index is 0.298. The van der Waals surface area contributed by atoms with Gasteiger partial charge in [-0.2, -0.15) is 10.2 Å². The van der Waals surface area contributed by atoms with E-state index in [0.717, 1.165) is 28.2 Å². The van der Waals surface area contributed by atoms with E-state index in [9.17, 15) is 9.59 Å². The zero-order chi connectivity index (χ0) is 26.9. The lowest BCUT2D eigenvalue weighted by Gasteiger charge is -2.14. The molecule has 0 fully saturated rings. The smallest absolute Gasteiger partial charge is 0.271 e. The lowest BCUT2D eigenvalue weighted by Crippen LogP contribution is -2.18. The number of amides is 2. The Labute approximate surface area is 218 Å². The Kier molecular flexibility index (Phi) is 8.99. The maximum absolute atomic E-state index is 12.4. The van der Waals surface area contributed by atoms with E-state index < -0.39 is 0 Å². The molecule has 0 saturated heterocycles. The molecule has 2 N–H and O–H groups in total. The minimum Gasteiger partial charge on any atom is -0.378 e. The average Bonchev–Trinajstić information content (AvgIpc) is 2.88. The number of nitrogens with zero attached hydrogens (tertiary/aromatic N) is 5. The molecule has 2 amide bonds. The van der Waals surface area contributed by atoms with E-state index in [-0.39, 0.29) is 11.8 Å². The predicted octanol–water partition coefficient (Wildman–Crippen LogP) is 3.41. The van der Waals surface area contributed by atoms with Gasteiger partial charge in [-0.1, -0.05) is 0 Å². The van der Waals surface area contributed by atoms with Crippen molar-refractivity contribution >= 4 is 41.3 Å². The van der Waals surface area contributed by atoms with E-state index in [0.29, 0.717) is 11.1 Å². The molecule has 9 heteroatoms. The van der Waals surface area contributed by atoms with Crippen LogP contribution in [0.3, 0.4) is 0 Å². The molecule has 0 atom stereocenters. The number of benzene rings is 3. The number of carbonyl (C=O) groups is 2. The molecule has 0 aromatic heterocycles. The zero-order valence-electron chi connectivity index (χ0n) is 22.1. The van der Waals surface area contributed by atoms with Gasteiger partial charge in [0.1, 0.15) is 0 Å². The van der Waals surface area contributed by atoms with Gasteiger partial charge in [0.15, 0.2) is 0 Å². The van der Waals surface area contributed by atoms with Gasteiger partial charge in [0.05, 0.1) is 12.4 Å². The van der Waals surface area contributed by atoms with Gasteiger partial charge in [-0.15, -0.1) is 0 Å². The van der Waals surface area contributed by atoms with Crippen molar-refractivity contribution in [3.63, 3.8) is 0 Å². The number of carbonyl (C=O) groups excluding carboxylic acids is 2. The highest BCUT2D eigenvalue weighted by molar-refractivity contribution is 5.96. The van der Waals surface area contributed by atoms with E-state index >= 15 is 0 Å². The van der Waals surface area contributed by atoms with Crippen molar-refractivity contribution in [1.82, 2.24) is 10.9 Å². The van der Waals surface area contributed by atoms with Crippen LogP contribution >= 0.6 is 0 Å². The van der Waals surface area contributed by atoms with Crippen LogP contribution in [0.25, 0.3) is 0 Å². The molecule has 0 saturated carbocycles. The van der Waals surface area contributed by atoms with Crippen molar-refractivity contribution in [2.45, 2.75) is 0 Å². The summed E-state index contributed by atoms with van der Waals surface area (Å²) < 4.78 is 0. The van der Waals surface area contributed by atoms with Crippen LogP contribution in [0.5, 0.6) is 0 Å². The fourth-order valence-electron chi connectivity index (χ4n) is 3.35. The Bertz CT molecular complexity index is 1190. The summed E-state index contributed by atoms with van der Waals surface area (Å²) in [5, 5.41) is 8.23. The molecule has 0 aliphatic rings. The lowest BCUT2D eigenvalue weighted by atomic mass is 10.1. The van der Waals surface area contributed by atoms with Crippen LogP contribution in [0.15, 0.2) is 76.9 Å². The van der Waals surface area contributed by atoms with E-state index in [1.165, 1.54) is 0 Å². The second kappa shape index (κ2) is 12.3. The summed E-state index contributed by atoms with van der Waals surface area (Å²) in [5.74, 6) is -0.595. The summed E-state index contributed by atoms with van der Waals surface area (Å²) in [6.07, 6.45) is 3.14. The van der Waals surface area contributed by atoms with Crippen LogP contribution < -0.4 is 25.6 Å². The Morgan fingerprint density at radius 2 is 0.919 bits per heavy atom. The van der Waals surface area contributed by atoms with Gasteiger partial charge >= 0.3 is 0 Å². The van der Waals surface area contributed by atoms with Crippen LogP contribution in [0.2, 0.25) is 0 Å². The van der Waals surface area contributed by atoms with E-state index in [4.69, 9.17) is 0 Å². The SMILES string of the molecule is CN(C)c1ccc(C(=O)N/N=C/c2cc(/C=N/NC(=O)c3ccc(N(C)C)cc3)cc(N(C)C)c2)cc1. The van der Waals surface area contributed by atoms with Gasteiger partial charge in [-0.25, -0.2) is 10.9 Å². The zero-order valence-corrected chi connectivity index (χ0v) is 22.1. The summed E-state index contributed by atoms with van der Waals surface area (Å²) in [6, 6.07) is 20.3. The van der Waals surface area contributed by atoms with Gasteiger partial charge in [0.2, 0.25) is 0 Å². The molecule has 192 valence electrons. The topological polar surface area (TPSA) is 92.6 Å². The molecule has 0 unspecified atom stereocenters. The number of hydrazone groups is 2. The van der Waals surface area contributed by atoms with Crippen LogP contribution in [-0.4, -0.2) is 66.5 Å². The van der Waals surface area contributed by atoms with E-state index in [1.807, 2.05) is 99.5 Å². The molecular weight excluding hydrogens is 466 g/mol. The first kappa shape index (κ1) is 26.9. The summed E-state index contributed by atoms with van der Waals surface area (Å²) in [7, 11) is 11.6. The molecule has 0 heterocycles. The van der Waals surface area contributed by atoms with E-state index in [1.54, 1.807) is 36.7 Å². The molecule has 37 heavy (non-hydrogen) atoms. The van der Waals surface area contributed by atoms with Gasteiger partial charge in [-0.05, 0) is 77.9 Å². The van der Waals surface area contributed by atoms with Crippen LogP contribution in [0, 0.1) is 0 Å². The maximum atomic E-state index is 12.4. The quantitative estimate of drug-likeness (QED) is 0.348. The monoisotopic (exact) mass is 499 g/mol. The molecule has 3 aromatic carbocycles. The second-order valence-electron chi connectivity index (χ2n) is 9.03. The third kappa shape index (κ3) is 7.66. The summed E-state index contributed by atoms with van der Waals surface area (Å²) in [5.41, 5.74) is 10.6. The van der Waals surface area contributed by atoms with Crippen LogP contribution in [0.4, 0.5) is 17.1 Å². The van der Waals surface area contributed by atoms with Crippen molar-refractivity contribution in [3.05, 3.63) is 89.0 Å². The Hall–Kier alpha value is -4.66. The summed E-state index contributed by atoms with van der Waals surface area (Å²) in [6.45, 7) is 0. The predicted molar refractivity (Wildman–Crippen MR) is 152 cm³/mol. The first-order valence-electron chi connectivity index (χ1n) is 11.7. The van der Waals surface area contributed by atoms with Gasteiger partial charge in [0.25, 0.3) is 11.8 Å². The largest absolute Gasteiger partial charge is 0.378 e. The highest BCUT2D eigenvalue weighted by Crippen LogP contribution is 2.16. The highest BCUT2D eigenvalue weighted by atomic mass is 16.2. The molecule has 0 aliphatic carbocycles. The number of anilines is 3. The van der Waals surface area contributed by atoms with Crippen LogP contribution in [-0.2, 0) is 0 Å². The van der Waals surface area contributed by atoms with Crippen molar-refractivity contribution in [1.29, 1.82) is 0 Å². The maximum Gasteiger partial charge on any atom is 0.271 e. The number of nitrogens with one attached hydrogen (secondary N) is 2. The lowest BCUT2D eigenvalue weighted by molar-refractivity contribution is 0.0947. The summed E-state index contributed by atoms with van der Waals surface area (Å²) >= 11 is 0. The first-order chi connectivity index (χ1) is 17.6. The average molecular weight is 500 g/mol. The van der Waals surface area contributed by atoms with Crippen molar-refractivity contribution < 1.29 is 9.59 Å².